The number of hydrogen-bond acceptors (Lipinski definition) is 3. The van der Waals surface area contributed by atoms with Gasteiger partial charge in [0.15, 0.2) is 6.10 Å². The van der Waals surface area contributed by atoms with Crippen molar-refractivity contribution in [3.63, 3.8) is 0 Å². The van der Waals surface area contributed by atoms with Crippen LogP contribution in [0.2, 0.25) is 0 Å². The fraction of sp³-hybridized carbons (Fsp3) is 0.105. The lowest BCUT2D eigenvalue weighted by molar-refractivity contribution is 0.134. The summed E-state index contributed by atoms with van der Waals surface area (Å²) in [5, 5.41) is 4.93. The van der Waals surface area contributed by atoms with E-state index in [1.807, 2.05) is 47.8 Å². The zero-order chi connectivity index (χ0) is 15.6. The van der Waals surface area contributed by atoms with Crippen LogP contribution in [0, 0.1) is 0 Å². The van der Waals surface area contributed by atoms with Gasteiger partial charge in [-0.15, -0.1) is 11.3 Å². The lowest BCUT2D eigenvalue weighted by Crippen LogP contribution is -2.19. The van der Waals surface area contributed by atoms with Gasteiger partial charge in [-0.05, 0) is 34.2 Å². The molecule has 1 aliphatic heterocycles. The van der Waals surface area contributed by atoms with E-state index in [9.17, 15) is 4.79 Å². The zero-order valence-corrected chi connectivity index (χ0v) is 13.1. The Morgan fingerprint density at radius 1 is 0.913 bits per heavy atom. The minimum Gasteiger partial charge on any atom is -0.438 e. The maximum atomic E-state index is 11.8. The van der Waals surface area contributed by atoms with Gasteiger partial charge in [-0.3, -0.25) is 0 Å². The average Bonchev–Trinajstić information content (AvgIpc) is 3.25. The molecular formula is C19H15NO2S. The zero-order valence-electron chi connectivity index (χ0n) is 12.3. The summed E-state index contributed by atoms with van der Waals surface area (Å²) >= 11 is 1.60. The standard InChI is InChI=1S/C19H15NO2S/c21-19-20-17(18(22-19)16-10-5-11-23-16)15-9-4-8-14(12-15)13-6-2-1-3-7-13/h1-12,17-18H,(H,20,21)/t17-,18?/m1/s1. The number of rotatable bonds is 3. The van der Waals surface area contributed by atoms with Crippen molar-refractivity contribution in [2.75, 3.05) is 0 Å². The van der Waals surface area contributed by atoms with Crippen molar-refractivity contribution in [3.05, 3.63) is 82.6 Å². The van der Waals surface area contributed by atoms with E-state index in [2.05, 4.69) is 29.6 Å². The van der Waals surface area contributed by atoms with E-state index < -0.39 is 0 Å². The van der Waals surface area contributed by atoms with Crippen LogP contribution in [0.1, 0.15) is 22.6 Å². The van der Waals surface area contributed by atoms with Gasteiger partial charge in [-0.1, -0.05) is 54.6 Å². The second-order valence-electron chi connectivity index (χ2n) is 5.45. The van der Waals surface area contributed by atoms with Crippen LogP contribution in [0.25, 0.3) is 11.1 Å². The Labute approximate surface area is 138 Å². The monoisotopic (exact) mass is 321 g/mol. The molecule has 0 radical (unpaired) electrons. The molecule has 1 aromatic heterocycles. The number of carbonyl (C=O) groups is 1. The first-order chi connectivity index (χ1) is 11.3. The first-order valence-corrected chi connectivity index (χ1v) is 8.35. The normalized spacial score (nSPS) is 20.1. The fourth-order valence-electron chi connectivity index (χ4n) is 2.90. The molecule has 0 spiro atoms. The molecule has 3 nitrogen and oxygen atoms in total. The van der Waals surface area contributed by atoms with Gasteiger partial charge in [0, 0.05) is 4.88 Å². The summed E-state index contributed by atoms with van der Waals surface area (Å²) in [5.41, 5.74) is 3.34. The highest BCUT2D eigenvalue weighted by molar-refractivity contribution is 7.10. The third-order valence-corrected chi connectivity index (χ3v) is 4.92. The molecule has 2 heterocycles. The SMILES string of the molecule is O=C1N[C@H](c2cccc(-c3ccccc3)c2)C(c2cccs2)O1. The van der Waals surface area contributed by atoms with Gasteiger partial charge in [-0.2, -0.15) is 0 Å². The van der Waals surface area contributed by atoms with E-state index >= 15 is 0 Å². The number of alkyl carbamates (subject to hydrolysis) is 1. The summed E-state index contributed by atoms with van der Waals surface area (Å²) in [6, 6.07) is 22.3. The van der Waals surface area contributed by atoms with Crippen molar-refractivity contribution in [2.45, 2.75) is 12.1 Å². The molecule has 4 rings (SSSR count). The Hall–Kier alpha value is -2.59. The smallest absolute Gasteiger partial charge is 0.408 e. The van der Waals surface area contributed by atoms with Crippen molar-refractivity contribution in [1.82, 2.24) is 5.32 Å². The molecule has 1 unspecified atom stereocenters. The molecule has 1 N–H and O–H groups in total. The van der Waals surface area contributed by atoms with E-state index in [0.717, 1.165) is 21.6 Å². The molecule has 1 fully saturated rings. The number of ether oxygens (including phenoxy) is 1. The van der Waals surface area contributed by atoms with Crippen molar-refractivity contribution >= 4 is 17.4 Å². The average molecular weight is 321 g/mol. The van der Waals surface area contributed by atoms with E-state index in [1.54, 1.807) is 11.3 Å². The molecule has 0 aliphatic carbocycles. The van der Waals surface area contributed by atoms with Crippen LogP contribution in [0.4, 0.5) is 4.79 Å². The van der Waals surface area contributed by atoms with Gasteiger partial charge >= 0.3 is 6.09 Å². The predicted molar refractivity (Wildman–Crippen MR) is 91.3 cm³/mol. The molecule has 0 saturated carbocycles. The van der Waals surface area contributed by atoms with Crippen molar-refractivity contribution in [1.29, 1.82) is 0 Å². The van der Waals surface area contributed by atoms with Gasteiger partial charge in [0.25, 0.3) is 0 Å². The predicted octanol–water partition coefficient (Wildman–Crippen LogP) is 4.94. The Morgan fingerprint density at radius 2 is 1.74 bits per heavy atom. The van der Waals surface area contributed by atoms with Crippen LogP contribution in [0.5, 0.6) is 0 Å². The fourth-order valence-corrected chi connectivity index (χ4v) is 3.69. The third kappa shape index (κ3) is 2.73. The first-order valence-electron chi connectivity index (χ1n) is 7.47. The highest BCUT2D eigenvalue weighted by Crippen LogP contribution is 2.39. The number of cyclic esters (lactones) is 1. The number of nitrogens with one attached hydrogen (secondary N) is 1. The van der Waals surface area contributed by atoms with E-state index in [0.29, 0.717) is 0 Å². The van der Waals surface area contributed by atoms with Gasteiger partial charge in [0.2, 0.25) is 0 Å². The summed E-state index contributed by atoms with van der Waals surface area (Å²) in [4.78, 5) is 12.8. The molecule has 1 saturated heterocycles. The first kappa shape index (κ1) is 14.0. The Bertz CT molecular complexity index is 814. The van der Waals surface area contributed by atoms with Crippen LogP contribution >= 0.6 is 11.3 Å². The number of amides is 1. The molecule has 23 heavy (non-hydrogen) atoms. The molecule has 2 atom stereocenters. The van der Waals surface area contributed by atoms with E-state index in [4.69, 9.17) is 4.74 Å². The maximum absolute atomic E-state index is 11.8. The molecule has 3 aromatic rings. The third-order valence-electron chi connectivity index (χ3n) is 3.99. The van der Waals surface area contributed by atoms with Gasteiger partial charge in [-0.25, -0.2) is 4.79 Å². The molecule has 114 valence electrons. The highest BCUT2D eigenvalue weighted by atomic mass is 32.1. The number of benzene rings is 2. The van der Waals surface area contributed by atoms with Crippen LogP contribution in [-0.4, -0.2) is 6.09 Å². The lowest BCUT2D eigenvalue weighted by Gasteiger charge is -2.17. The minimum absolute atomic E-state index is 0.162. The minimum atomic E-state index is -0.362. The largest absolute Gasteiger partial charge is 0.438 e. The molecule has 2 aromatic carbocycles. The molecule has 4 heteroatoms. The summed E-state index contributed by atoms with van der Waals surface area (Å²) < 4.78 is 5.48. The van der Waals surface area contributed by atoms with Crippen LogP contribution < -0.4 is 5.32 Å². The number of hydrogen-bond donors (Lipinski definition) is 1. The molecular weight excluding hydrogens is 306 g/mol. The number of carbonyl (C=O) groups excluding carboxylic acids is 1. The quantitative estimate of drug-likeness (QED) is 0.742. The topological polar surface area (TPSA) is 38.3 Å². The lowest BCUT2D eigenvalue weighted by atomic mass is 9.96. The van der Waals surface area contributed by atoms with Crippen LogP contribution in [0.15, 0.2) is 72.1 Å². The molecule has 1 amide bonds. The van der Waals surface area contributed by atoms with Crippen LogP contribution in [0.3, 0.4) is 0 Å². The summed E-state index contributed by atoms with van der Waals surface area (Å²) in [6.07, 6.45) is -0.632. The summed E-state index contributed by atoms with van der Waals surface area (Å²) in [6.45, 7) is 0. The van der Waals surface area contributed by atoms with Gasteiger partial charge < -0.3 is 10.1 Å². The van der Waals surface area contributed by atoms with Gasteiger partial charge in [0.05, 0.1) is 6.04 Å². The summed E-state index contributed by atoms with van der Waals surface area (Å²) in [5.74, 6) is 0. The van der Waals surface area contributed by atoms with Crippen molar-refractivity contribution in [2.24, 2.45) is 0 Å². The Morgan fingerprint density at radius 3 is 2.52 bits per heavy atom. The van der Waals surface area contributed by atoms with Crippen molar-refractivity contribution in [3.8, 4) is 11.1 Å². The van der Waals surface area contributed by atoms with E-state index in [1.165, 1.54) is 0 Å². The Kier molecular flexibility index (Phi) is 3.60. The molecule has 0 bridgehead atoms. The van der Waals surface area contributed by atoms with E-state index in [-0.39, 0.29) is 18.2 Å². The second-order valence-corrected chi connectivity index (χ2v) is 6.43. The molecule has 1 aliphatic rings. The highest BCUT2D eigenvalue weighted by Gasteiger charge is 2.37. The van der Waals surface area contributed by atoms with Crippen LogP contribution in [-0.2, 0) is 4.74 Å². The Balaban J connectivity index is 1.71. The van der Waals surface area contributed by atoms with Gasteiger partial charge in [0.1, 0.15) is 0 Å². The number of thiophene rings is 1. The maximum Gasteiger partial charge on any atom is 0.408 e. The van der Waals surface area contributed by atoms with Crippen molar-refractivity contribution < 1.29 is 9.53 Å². The second kappa shape index (κ2) is 5.89. The summed E-state index contributed by atoms with van der Waals surface area (Å²) in [7, 11) is 0.